The third-order valence-electron chi connectivity index (χ3n) is 5.84. The van der Waals surface area contributed by atoms with Crippen molar-refractivity contribution in [3.8, 4) is 0 Å². The molecule has 1 atom stereocenters. The first-order valence-electron chi connectivity index (χ1n) is 11.4. The molecule has 0 saturated carbocycles. The first-order chi connectivity index (χ1) is 15.8. The Labute approximate surface area is 213 Å². The lowest BCUT2D eigenvalue weighted by molar-refractivity contribution is -0.130. The van der Waals surface area contributed by atoms with Gasteiger partial charge in [0.1, 0.15) is 0 Å². The molecule has 184 valence electrons. The fourth-order valence-corrected chi connectivity index (χ4v) is 4.28. The Morgan fingerprint density at radius 3 is 2.09 bits per heavy atom. The smallest absolute Gasteiger partial charge is 0.227 e. The molecule has 0 aliphatic rings. The van der Waals surface area contributed by atoms with Gasteiger partial charge in [0.15, 0.2) is 0 Å². The van der Waals surface area contributed by atoms with Crippen LogP contribution in [0, 0.1) is 5.41 Å². The van der Waals surface area contributed by atoms with Crippen molar-refractivity contribution in [2.75, 3.05) is 17.7 Å². The third kappa shape index (κ3) is 8.20. The summed E-state index contributed by atoms with van der Waals surface area (Å²) in [6.45, 7) is 10.0. The van der Waals surface area contributed by atoms with Crippen LogP contribution in [-0.4, -0.2) is 40.5 Å². The van der Waals surface area contributed by atoms with Crippen molar-refractivity contribution in [3.63, 3.8) is 0 Å². The van der Waals surface area contributed by atoms with Gasteiger partial charge in [-0.1, -0.05) is 68.1 Å². The molecule has 0 aliphatic heterocycles. The molecule has 0 saturated heterocycles. The summed E-state index contributed by atoms with van der Waals surface area (Å²) >= 11 is 5.11. The van der Waals surface area contributed by atoms with Crippen molar-refractivity contribution < 1.29 is 14.4 Å². The lowest BCUT2D eigenvalue weighted by atomic mass is 9.94. The molecule has 0 bridgehead atoms. The molecule has 0 aromatic heterocycles. The summed E-state index contributed by atoms with van der Waals surface area (Å²) in [7, 11) is 2.06. The van der Waals surface area contributed by atoms with Crippen LogP contribution in [0.3, 0.4) is 0 Å². The van der Waals surface area contributed by atoms with E-state index in [1.165, 1.54) is 0 Å². The van der Waals surface area contributed by atoms with Gasteiger partial charge in [-0.15, -0.1) is 12.6 Å². The van der Waals surface area contributed by atoms with Gasteiger partial charge in [0.25, 0.3) is 0 Å². The molecule has 0 spiro atoms. The Kier molecular flexibility index (Phi) is 9.83. The predicted octanol–water partition coefficient (Wildman–Crippen LogP) is 5.39. The van der Waals surface area contributed by atoms with Crippen LogP contribution in [0.2, 0.25) is 0 Å². The third-order valence-corrected chi connectivity index (χ3v) is 7.52. The molecular formula is C27H36N2O3S2. The number of benzene rings is 2. The second kappa shape index (κ2) is 11.9. The summed E-state index contributed by atoms with van der Waals surface area (Å²) in [5.41, 5.74) is 2.01. The number of aryl methyl sites for hydroxylation is 1. The monoisotopic (exact) mass is 500 g/mol. The fraction of sp³-hybridized carbons (Fsp3) is 0.444. The van der Waals surface area contributed by atoms with Gasteiger partial charge in [0.05, 0.1) is 11.5 Å². The zero-order valence-corrected chi connectivity index (χ0v) is 22.6. The average Bonchev–Trinajstić information content (AvgIpc) is 2.79. The van der Waals surface area contributed by atoms with E-state index in [0.717, 1.165) is 23.0 Å². The number of carbonyl (C=O) groups is 3. The largest absolute Gasteiger partial charge is 0.370 e. The molecule has 0 unspecified atom stereocenters. The molecule has 2 aromatic carbocycles. The number of hydrogen-bond acceptors (Lipinski definition) is 5. The van der Waals surface area contributed by atoms with Crippen molar-refractivity contribution in [2.45, 2.75) is 59.0 Å². The molecule has 0 heterocycles. The molecule has 34 heavy (non-hydrogen) atoms. The van der Waals surface area contributed by atoms with E-state index in [9.17, 15) is 14.4 Å². The van der Waals surface area contributed by atoms with E-state index in [-0.39, 0.29) is 21.7 Å². The number of nitrogens with one attached hydrogen (secondary N) is 1. The number of thiol groups is 1. The van der Waals surface area contributed by atoms with Crippen molar-refractivity contribution in [3.05, 3.63) is 65.7 Å². The van der Waals surface area contributed by atoms with Crippen LogP contribution < -0.4 is 10.2 Å². The quantitative estimate of drug-likeness (QED) is 0.428. The van der Waals surface area contributed by atoms with Crippen molar-refractivity contribution >= 4 is 46.2 Å². The summed E-state index contributed by atoms with van der Waals surface area (Å²) in [6.07, 6.45) is 1.09. The standard InChI is InChI=1S/C27H36N2O3S2/c1-26(2,3)29(6)21-15-12-19(13-16-21)14-17-22(23(30)33)28-25(32)27(4,5)18-34-24(31)20-10-8-7-9-11-20/h7-13,15-16,22H,14,17-18H2,1-6H3,(H,28,32)(H,30,33)/t22-/m1/s1. The molecule has 0 fully saturated rings. The molecule has 0 radical (unpaired) electrons. The Morgan fingerprint density at radius 1 is 0.971 bits per heavy atom. The van der Waals surface area contributed by atoms with Gasteiger partial charge >= 0.3 is 0 Å². The molecular weight excluding hydrogens is 464 g/mol. The van der Waals surface area contributed by atoms with Crippen molar-refractivity contribution in [1.29, 1.82) is 0 Å². The van der Waals surface area contributed by atoms with E-state index in [0.29, 0.717) is 24.2 Å². The topological polar surface area (TPSA) is 66.5 Å². The van der Waals surface area contributed by atoms with Crippen LogP contribution >= 0.6 is 24.4 Å². The fourth-order valence-electron chi connectivity index (χ4n) is 3.16. The number of amides is 1. The van der Waals surface area contributed by atoms with Crippen LogP contribution in [-0.2, 0) is 16.0 Å². The maximum atomic E-state index is 12.9. The van der Waals surface area contributed by atoms with E-state index in [1.807, 2.05) is 18.2 Å². The highest BCUT2D eigenvalue weighted by Gasteiger charge is 2.31. The van der Waals surface area contributed by atoms with Crippen molar-refractivity contribution in [2.24, 2.45) is 5.41 Å². The summed E-state index contributed by atoms with van der Waals surface area (Å²) < 4.78 is 0. The Morgan fingerprint density at radius 2 is 1.56 bits per heavy atom. The Bertz CT molecular complexity index is 983. The second-order valence-electron chi connectivity index (χ2n) is 10.1. The molecule has 2 aromatic rings. The zero-order chi connectivity index (χ0) is 25.5. The van der Waals surface area contributed by atoms with E-state index in [4.69, 9.17) is 0 Å². The zero-order valence-electron chi connectivity index (χ0n) is 20.9. The first-order valence-corrected chi connectivity index (χ1v) is 12.8. The molecule has 0 aliphatic carbocycles. The minimum atomic E-state index is -0.824. The Balaban J connectivity index is 1.94. The number of nitrogens with zero attached hydrogens (tertiary/aromatic N) is 1. The predicted molar refractivity (Wildman–Crippen MR) is 146 cm³/mol. The van der Waals surface area contributed by atoms with Gasteiger partial charge in [0, 0.05) is 29.6 Å². The van der Waals surface area contributed by atoms with Gasteiger partial charge in [0.2, 0.25) is 16.1 Å². The normalized spacial score (nSPS) is 12.7. The van der Waals surface area contributed by atoms with Gasteiger partial charge in [-0.25, -0.2) is 0 Å². The number of rotatable bonds is 10. The van der Waals surface area contributed by atoms with Crippen LogP contribution in [0.1, 0.15) is 57.0 Å². The van der Waals surface area contributed by atoms with E-state index >= 15 is 0 Å². The summed E-state index contributed by atoms with van der Waals surface area (Å²) in [5, 5.41) is 2.39. The number of carbonyl (C=O) groups excluding carboxylic acids is 3. The van der Waals surface area contributed by atoms with E-state index in [2.05, 4.69) is 74.9 Å². The number of thioether (sulfide) groups is 1. The highest BCUT2D eigenvalue weighted by molar-refractivity contribution is 8.14. The van der Waals surface area contributed by atoms with E-state index in [1.54, 1.807) is 26.0 Å². The maximum Gasteiger partial charge on any atom is 0.227 e. The van der Waals surface area contributed by atoms with Gasteiger partial charge in [-0.3, -0.25) is 14.4 Å². The minimum Gasteiger partial charge on any atom is -0.370 e. The van der Waals surface area contributed by atoms with Crippen LogP contribution in [0.15, 0.2) is 54.6 Å². The molecule has 2 rings (SSSR count). The lowest BCUT2D eigenvalue weighted by Gasteiger charge is -2.34. The summed E-state index contributed by atoms with van der Waals surface area (Å²) in [4.78, 5) is 39.6. The first kappa shape index (κ1) is 28.0. The van der Waals surface area contributed by atoms with Gasteiger partial charge in [-0.2, -0.15) is 0 Å². The average molecular weight is 501 g/mol. The minimum absolute atomic E-state index is 0.0200. The molecule has 5 nitrogen and oxygen atoms in total. The number of anilines is 1. The lowest BCUT2D eigenvalue weighted by Crippen LogP contribution is -2.46. The maximum absolute atomic E-state index is 12.9. The van der Waals surface area contributed by atoms with Crippen molar-refractivity contribution in [1.82, 2.24) is 5.32 Å². The van der Waals surface area contributed by atoms with E-state index < -0.39 is 11.5 Å². The van der Waals surface area contributed by atoms with Crippen LogP contribution in [0.5, 0.6) is 0 Å². The SMILES string of the molecule is CN(c1ccc(CC[C@@H](NC(=O)C(C)(C)CSC(=O)c2ccccc2)C(=O)S)cc1)C(C)(C)C. The highest BCUT2D eigenvalue weighted by atomic mass is 32.2. The highest BCUT2D eigenvalue weighted by Crippen LogP contribution is 2.26. The van der Waals surface area contributed by atoms with Crippen LogP contribution in [0.25, 0.3) is 0 Å². The van der Waals surface area contributed by atoms with Crippen LogP contribution in [0.4, 0.5) is 5.69 Å². The van der Waals surface area contributed by atoms with Gasteiger partial charge < -0.3 is 10.2 Å². The Hall–Kier alpha value is -2.25. The molecule has 7 heteroatoms. The van der Waals surface area contributed by atoms with Gasteiger partial charge in [-0.05, 0) is 51.3 Å². The summed E-state index contributed by atoms with van der Waals surface area (Å²) in [5.74, 6) is 0.0402. The molecule has 1 amide bonds. The summed E-state index contributed by atoms with van der Waals surface area (Å²) in [6, 6.07) is 16.5. The second-order valence-corrected chi connectivity index (χ2v) is 11.5. The molecule has 1 N–H and O–H groups in total. The number of hydrogen-bond donors (Lipinski definition) is 2.